The van der Waals surface area contributed by atoms with E-state index in [-0.39, 0.29) is 23.7 Å². The van der Waals surface area contributed by atoms with Crippen molar-refractivity contribution in [3.63, 3.8) is 0 Å². The molecule has 46 heavy (non-hydrogen) atoms. The lowest BCUT2D eigenvalue weighted by Crippen LogP contribution is -2.34. The lowest BCUT2D eigenvalue weighted by Gasteiger charge is -2.33. The Morgan fingerprint density at radius 1 is 1.13 bits per heavy atom. The van der Waals surface area contributed by atoms with Crippen molar-refractivity contribution in [1.29, 1.82) is 0 Å². The highest BCUT2D eigenvalue weighted by atomic mass is 19.1. The van der Waals surface area contributed by atoms with Crippen LogP contribution >= 0.6 is 0 Å². The van der Waals surface area contributed by atoms with E-state index in [2.05, 4.69) is 42.1 Å². The van der Waals surface area contributed by atoms with E-state index < -0.39 is 0 Å². The number of aromatic nitrogens is 4. The second kappa shape index (κ2) is 13.4. The Morgan fingerprint density at radius 3 is 2.85 bits per heavy atom. The molecular formula is C35H43FN8O2. The third kappa shape index (κ3) is 6.77. The molecule has 3 aliphatic rings. The van der Waals surface area contributed by atoms with Crippen LogP contribution in [0.25, 0.3) is 22.3 Å². The molecule has 2 saturated heterocycles. The summed E-state index contributed by atoms with van der Waals surface area (Å²) in [5.74, 6) is 1.90. The Hall–Kier alpha value is -3.93. The summed E-state index contributed by atoms with van der Waals surface area (Å²) in [6.07, 6.45) is 11.3. The van der Waals surface area contributed by atoms with Crippen LogP contribution in [0.2, 0.25) is 0 Å². The fourth-order valence-electron chi connectivity index (χ4n) is 7.38. The first-order valence-electron chi connectivity index (χ1n) is 16.7. The Labute approximate surface area is 268 Å². The van der Waals surface area contributed by atoms with Gasteiger partial charge in [0, 0.05) is 43.0 Å². The molecule has 10 nitrogen and oxygen atoms in total. The van der Waals surface area contributed by atoms with Gasteiger partial charge < -0.3 is 15.0 Å². The first kappa shape index (κ1) is 30.7. The number of fused-ring (bicyclic) bond motifs is 2. The number of nitrogens with one attached hydrogen (secondary N) is 4. The number of nitrogens with zero attached hydrogens (tertiary/aromatic N) is 4. The SMILES string of the molecule is CC(C)CC(=O)Nc1cncc(C2CCC3NNC(c4nc5nccc(-c6cc(F)cc(OCCN7CCCC7)c6)c5[nH]4)C3C2)c1. The molecule has 7 rings (SSSR count). The molecule has 1 saturated carbocycles. The molecule has 1 aliphatic carbocycles. The number of benzene rings is 1. The summed E-state index contributed by atoms with van der Waals surface area (Å²) in [7, 11) is 0. The van der Waals surface area contributed by atoms with Crippen LogP contribution in [0.15, 0.2) is 48.9 Å². The number of hydrazine groups is 1. The number of aromatic amines is 1. The number of rotatable bonds is 10. The molecule has 0 spiro atoms. The number of pyridine rings is 2. The van der Waals surface area contributed by atoms with E-state index in [0.29, 0.717) is 42.3 Å². The number of hydrogen-bond donors (Lipinski definition) is 4. The summed E-state index contributed by atoms with van der Waals surface area (Å²) in [6.45, 7) is 7.65. The highest BCUT2D eigenvalue weighted by Crippen LogP contribution is 2.44. The minimum atomic E-state index is -0.339. The van der Waals surface area contributed by atoms with Gasteiger partial charge in [-0.1, -0.05) is 13.8 Å². The predicted octanol–water partition coefficient (Wildman–Crippen LogP) is 5.72. The largest absolute Gasteiger partial charge is 0.492 e. The third-order valence-corrected chi connectivity index (χ3v) is 9.62. The number of H-pyrrole nitrogens is 1. The topological polar surface area (TPSA) is 120 Å². The van der Waals surface area contributed by atoms with E-state index >= 15 is 0 Å². The number of halogens is 1. The summed E-state index contributed by atoms with van der Waals surface area (Å²) in [5, 5.41) is 3.01. The fourth-order valence-corrected chi connectivity index (χ4v) is 7.38. The molecule has 0 bridgehead atoms. The van der Waals surface area contributed by atoms with Crippen molar-refractivity contribution in [3.05, 3.63) is 66.1 Å². The minimum absolute atomic E-state index is 0.0132. The number of imidazole rings is 1. The van der Waals surface area contributed by atoms with Gasteiger partial charge in [-0.2, -0.15) is 0 Å². The molecule has 3 aromatic heterocycles. The second-order valence-corrected chi connectivity index (χ2v) is 13.5. The average Bonchev–Trinajstić information content (AvgIpc) is 3.80. The van der Waals surface area contributed by atoms with Crippen molar-refractivity contribution in [2.24, 2.45) is 11.8 Å². The van der Waals surface area contributed by atoms with Crippen molar-refractivity contribution in [2.75, 3.05) is 31.6 Å². The van der Waals surface area contributed by atoms with Crippen molar-refractivity contribution >= 4 is 22.8 Å². The highest BCUT2D eigenvalue weighted by Gasteiger charge is 2.43. The van der Waals surface area contributed by atoms with Crippen molar-refractivity contribution in [1.82, 2.24) is 35.7 Å². The maximum absolute atomic E-state index is 14.8. The van der Waals surface area contributed by atoms with Crippen molar-refractivity contribution in [2.45, 2.75) is 70.4 Å². The lowest BCUT2D eigenvalue weighted by atomic mass is 9.73. The van der Waals surface area contributed by atoms with Crippen molar-refractivity contribution < 1.29 is 13.9 Å². The predicted molar refractivity (Wildman–Crippen MR) is 176 cm³/mol. The fraction of sp³-hybridized carbons (Fsp3) is 0.486. The number of carbonyl (C=O) groups is 1. The van der Waals surface area contributed by atoms with Gasteiger partial charge in [0.15, 0.2) is 5.65 Å². The van der Waals surface area contributed by atoms with Crippen molar-refractivity contribution in [3.8, 4) is 16.9 Å². The summed E-state index contributed by atoms with van der Waals surface area (Å²) < 4.78 is 20.8. The van der Waals surface area contributed by atoms with Crippen LogP contribution in [0.3, 0.4) is 0 Å². The van der Waals surface area contributed by atoms with Gasteiger partial charge in [-0.3, -0.25) is 20.1 Å². The van der Waals surface area contributed by atoms with Gasteiger partial charge in [-0.15, -0.1) is 0 Å². The number of amides is 1. The Kier molecular flexibility index (Phi) is 8.97. The number of likely N-dealkylation sites (tertiary alicyclic amines) is 1. The first-order valence-corrected chi connectivity index (χ1v) is 16.7. The lowest BCUT2D eigenvalue weighted by molar-refractivity contribution is -0.116. The standard InChI is InChI=1S/C35H43FN8O2/c1-21(2)13-31(45)39-26-15-24(19-37-20-26)22-5-6-30-29(17-22)33(43-42-30)35-40-32-28(7-8-38-34(32)41-35)23-14-25(36)18-27(16-23)46-12-11-44-9-3-4-10-44/h7-8,14-16,18-22,29-30,33,42-43H,3-6,9-13,17H2,1-2H3,(H,39,45)(H,38,40,41). The minimum Gasteiger partial charge on any atom is -0.492 e. The molecule has 0 radical (unpaired) electrons. The maximum atomic E-state index is 14.8. The van der Waals surface area contributed by atoms with Crippen LogP contribution < -0.4 is 20.9 Å². The van der Waals surface area contributed by atoms with Crippen LogP contribution in [0.4, 0.5) is 10.1 Å². The molecular weight excluding hydrogens is 583 g/mol. The van der Waals surface area contributed by atoms with Crippen LogP contribution in [0.1, 0.15) is 75.7 Å². The first-order chi connectivity index (χ1) is 22.4. The van der Waals surface area contributed by atoms with Gasteiger partial charge >= 0.3 is 0 Å². The Morgan fingerprint density at radius 2 is 2.00 bits per heavy atom. The zero-order valence-electron chi connectivity index (χ0n) is 26.6. The van der Waals surface area contributed by atoms with Gasteiger partial charge in [-0.05, 0) is 98.3 Å². The molecule has 11 heteroatoms. The zero-order chi connectivity index (χ0) is 31.6. The molecule has 4 atom stereocenters. The van der Waals surface area contributed by atoms with Crippen LogP contribution in [-0.4, -0.2) is 63.0 Å². The number of carbonyl (C=O) groups excluding carboxylic acids is 1. The normalized spacial score (nSPS) is 23.2. The smallest absolute Gasteiger partial charge is 0.224 e. The van der Waals surface area contributed by atoms with E-state index in [1.54, 1.807) is 12.4 Å². The third-order valence-electron chi connectivity index (χ3n) is 9.62. The van der Waals surface area contributed by atoms with Gasteiger partial charge in [0.1, 0.15) is 24.0 Å². The monoisotopic (exact) mass is 626 g/mol. The van der Waals surface area contributed by atoms with E-state index in [1.165, 1.54) is 25.0 Å². The van der Waals surface area contributed by atoms with Gasteiger partial charge in [0.2, 0.25) is 5.91 Å². The number of ether oxygens (including phenoxy) is 1. The van der Waals surface area contributed by atoms with Crippen LogP contribution in [0, 0.1) is 17.7 Å². The van der Waals surface area contributed by atoms with Gasteiger partial charge in [0.25, 0.3) is 0 Å². The van der Waals surface area contributed by atoms with Gasteiger partial charge in [0.05, 0.1) is 23.4 Å². The van der Waals surface area contributed by atoms with E-state index in [1.807, 2.05) is 32.2 Å². The van der Waals surface area contributed by atoms with Crippen LogP contribution in [-0.2, 0) is 4.79 Å². The molecule has 4 N–H and O–H groups in total. The van der Waals surface area contributed by atoms with E-state index in [0.717, 1.165) is 72.6 Å². The molecule has 2 aliphatic heterocycles. The van der Waals surface area contributed by atoms with E-state index in [4.69, 9.17) is 9.72 Å². The summed E-state index contributed by atoms with van der Waals surface area (Å²) in [4.78, 5) is 32.2. The molecule has 4 aromatic rings. The quantitative estimate of drug-likeness (QED) is 0.177. The molecule has 5 heterocycles. The second-order valence-electron chi connectivity index (χ2n) is 13.5. The summed E-state index contributed by atoms with van der Waals surface area (Å²) in [5.41, 5.74) is 11.8. The Bertz CT molecular complexity index is 1690. The molecule has 1 aromatic carbocycles. The highest BCUT2D eigenvalue weighted by molar-refractivity contribution is 5.91. The zero-order valence-corrected chi connectivity index (χ0v) is 26.6. The van der Waals surface area contributed by atoms with Gasteiger partial charge in [-0.25, -0.2) is 19.8 Å². The molecule has 1 amide bonds. The number of hydrogen-bond acceptors (Lipinski definition) is 8. The maximum Gasteiger partial charge on any atom is 0.224 e. The number of anilines is 1. The Balaban J connectivity index is 1.08. The molecule has 4 unspecified atom stereocenters. The average molecular weight is 627 g/mol. The molecule has 242 valence electrons. The summed E-state index contributed by atoms with van der Waals surface area (Å²) >= 11 is 0. The van der Waals surface area contributed by atoms with E-state index in [9.17, 15) is 9.18 Å². The summed E-state index contributed by atoms with van der Waals surface area (Å²) in [6, 6.07) is 9.11. The molecule has 3 fully saturated rings. The van der Waals surface area contributed by atoms with Crippen LogP contribution in [0.5, 0.6) is 5.75 Å².